The van der Waals surface area contributed by atoms with Crippen LogP contribution >= 0.6 is 0 Å². The van der Waals surface area contributed by atoms with Crippen LogP contribution in [-0.4, -0.2) is 77.5 Å². The SMILES string of the molecule is CCCCn1c(C=O)c(-c2ccc(C)cc2)c2c(N)ncnc21.[C-]#[N+]/C(=C\c1c(-c2ccc(C)cc2)c2c(N)ncnc2n1CCCO)C(=O)NC(C)C.[C-]#[N+]CC(=O)NC(C)C. The standard InChI is InChI=1S/C23H26N6O2.C18H20N4O.C6H10N2O/c1-14(2)28-23(31)17(25-4)12-18-19(16-8-6-15(3)7-9-16)20-21(24)26-13-27-22(20)29(18)10-5-11-30;1-3-4-9-22-14(10-23)15(13-7-5-12(2)6-8-13)16-17(19)20-11-21-18(16)22;1-5(2)8-6(9)4-7-3/h6-9,12-14,30H,5,10-11H2,1-3H3,(H,28,31)(H2,24,26,27);5-8,10-11H,3-4,9H2,1-2H3,(H2,19,20,21);5H,4H2,1-2H3,(H,8,9)/b17-12-;;. The van der Waals surface area contributed by atoms with Crippen molar-refractivity contribution in [2.45, 2.75) is 92.9 Å². The molecule has 4 aromatic heterocycles. The maximum absolute atomic E-state index is 12.6. The Bertz CT molecular complexity index is 2650. The summed E-state index contributed by atoms with van der Waals surface area (Å²) >= 11 is 0. The number of aliphatic hydroxyl groups is 1. The van der Waals surface area contributed by atoms with Crippen molar-refractivity contribution in [2.24, 2.45) is 0 Å². The molecule has 6 aromatic rings. The first-order chi connectivity index (χ1) is 30.2. The molecule has 0 saturated heterocycles. The highest BCUT2D eigenvalue weighted by Gasteiger charge is 2.24. The van der Waals surface area contributed by atoms with Crippen LogP contribution in [0.5, 0.6) is 0 Å². The average molecular weight is 853 g/mol. The summed E-state index contributed by atoms with van der Waals surface area (Å²) in [5, 5.41) is 16.2. The highest BCUT2D eigenvalue weighted by atomic mass is 16.3. The summed E-state index contributed by atoms with van der Waals surface area (Å²) in [5.74, 6) is 0.0794. The first kappa shape index (κ1) is 48.2. The first-order valence-corrected chi connectivity index (χ1v) is 20.7. The van der Waals surface area contributed by atoms with Crippen LogP contribution < -0.4 is 22.1 Å². The number of carbonyl (C=O) groups is 3. The van der Waals surface area contributed by atoms with Gasteiger partial charge in [-0.05, 0) is 71.6 Å². The number of aromatic nitrogens is 6. The van der Waals surface area contributed by atoms with Crippen LogP contribution in [0.4, 0.5) is 11.6 Å². The van der Waals surface area contributed by atoms with Gasteiger partial charge in [0.1, 0.15) is 35.6 Å². The summed E-state index contributed by atoms with van der Waals surface area (Å²) in [7, 11) is 0. The molecule has 0 spiro atoms. The molecule has 4 heterocycles. The number of aryl methyl sites for hydroxylation is 4. The molecule has 0 radical (unpaired) electrons. The van der Waals surface area contributed by atoms with Crippen LogP contribution in [0.25, 0.3) is 60.1 Å². The van der Waals surface area contributed by atoms with E-state index >= 15 is 0 Å². The van der Waals surface area contributed by atoms with Crippen LogP contribution in [-0.2, 0) is 22.7 Å². The number of aldehydes is 1. The lowest BCUT2D eigenvalue weighted by Crippen LogP contribution is -2.31. The zero-order valence-electron chi connectivity index (χ0n) is 36.9. The normalized spacial score (nSPS) is 11.0. The first-order valence-electron chi connectivity index (χ1n) is 20.7. The number of carbonyl (C=O) groups excluding carboxylic acids is 3. The van der Waals surface area contributed by atoms with Gasteiger partial charge < -0.3 is 41.2 Å². The number of unbranched alkanes of at least 4 members (excludes halogenated alkanes) is 1. The third-order valence-corrected chi connectivity index (χ3v) is 9.60. The summed E-state index contributed by atoms with van der Waals surface area (Å²) in [6.07, 6.45) is 7.80. The molecule has 0 fully saturated rings. The zero-order valence-corrected chi connectivity index (χ0v) is 36.9. The Balaban J connectivity index is 0.000000238. The van der Waals surface area contributed by atoms with Gasteiger partial charge >= 0.3 is 0 Å². The predicted molar refractivity (Wildman–Crippen MR) is 249 cm³/mol. The van der Waals surface area contributed by atoms with E-state index in [0.717, 1.165) is 64.5 Å². The van der Waals surface area contributed by atoms with Crippen LogP contribution in [0.2, 0.25) is 0 Å². The lowest BCUT2D eigenvalue weighted by molar-refractivity contribution is -0.119. The second-order valence-electron chi connectivity index (χ2n) is 15.3. The smallest absolute Gasteiger partial charge is 0.300 e. The van der Waals surface area contributed by atoms with Gasteiger partial charge in [-0.2, -0.15) is 0 Å². The van der Waals surface area contributed by atoms with E-state index < -0.39 is 5.91 Å². The number of nitrogens with zero attached hydrogens (tertiary/aromatic N) is 8. The third kappa shape index (κ3) is 12.1. The number of hydrogen-bond acceptors (Lipinski definition) is 10. The van der Waals surface area contributed by atoms with Crippen LogP contribution in [0.15, 0.2) is 66.9 Å². The van der Waals surface area contributed by atoms with Gasteiger partial charge in [-0.15, -0.1) is 0 Å². The summed E-state index contributed by atoms with van der Waals surface area (Å²) in [6.45, 7) is 28.6. The number of fused-ring (bicyclic) bond motifs is 2. The van der Waals surface area contributed by atoms with E-state index in [0.29, 0.717) is 47.0 Å². The summed E-state index contributed by atoms with van der Waals surface area (Å²) in [5.41, 5.74) is 20.6. The third-order valence-electron chi connectivity index (χ3n) is 9.60. The molecule has 16 nitrogen and oxygen atoms in total. The Hall–Kier alpha value is -7.43. The summed E-state index contributed by atoms with van der Waals surface area (Å²) < 4.78 is 3.84. The molecule has 0 saturated carbocycles. The topological polar surface area (TPSA) is 218 Å². The van der Waals surface area contributed by atoms with Gasteiger partial charge in [0.15, 0.2) is 6.29 Å². The van der Waals surface area contributed by atoms with Crippen LogP contribution in [0.1, 0.15) is 81.2 Å². The van der Waals surface area contributed by atoms with E-state index in [4.69, 9.17) is 24.6 Å². The molecule has 0 unspecified atom stereocenters. The Morgan fingerprint density at radius 3 is 1.67 bits per heavy atom. The van der Waals surface area contributed by atoms with Crippen molar-refractivity contribution in [3.63, 3.8) is 0 Å². The number of benzene rings is 2. The molecule has 328 valence electrons. The Labute approximate surface area is 368 Å². The number of nitrogens with two attached hydrogens (primary N) is 2. The van der Waals surface area contributed by atoms with Gasteiger partial charge in [-0.1, -0.05) is 73.0 Å². The van der Waals surface area contributed by atoms with E-state index in [1.54, 1.807) is 6.08 Å². The maximum Gasteiger partial charge on any atom is 0.300 e. The number of nitrogen functional groups attached to an aromatic ring is 2. The van der Waals surface area contributed by atoms with Gasteiger partial charge in [-0.25, -0.2) is 31.4 Å². The maximum atomic E-state index is 12.6. The van der Waals surface area contributed by atoms with Crippen molar-refractivity contribution in [1.82, 2.24) is 39.7 Å². The minimum atomic E-state index is -0.446. The van der Waals surface area contributed by atoms with Crippen molar-refractivity contribution in [3.8, 4) is 22.3 Å². The average Bonchev–Trinajstić information content (AvgIpc) is 3.74. The molecule has 0 aliphatic rings. The molecular formula is C47H56N12O4. The number of nitrogens with one attached hydrogen (secondary N) is 2. The zero-order chi connectivity index (χ0) is 46.2. The van der Waals surface area contributed by atoms with Crippen molar-refractivity contribution >= 4 is 57.9 Å². The highest BCUT2D eigenvalue weighted by Crippen LogP contribution is 2.39. The van der Waals surface area contributed by atoms with Crippen LogP contribution in [0.3, 0.4) is 0 Å². The van der Waals surface area contributed by atoms with Crippen molar-refractivity contribution in [3.05, 3.63) is 112 Å². The Kier molecular flexibility index (Phi) is 17.6. The highest BCUT2D eigenvalue weighted by molar-refractivity contribution is 6.09. The number of rotatable bonds is 14. The summed E-state index contributed by atoms with van der Waals surface area (Å²) in [4.78, 5) is 58.4. The van der Waals surface area contributed by atoms with Crippen LogP contribution in [0, 0.1) is 27.0 Å². The molecule has 0 bridgehead atoms. The molecule has 0 atom stereocenters. The molecule has 2 amide bonds. The van der Waals surface area contributed by atoms with Crippen molar-refractivity contribution in [1.29, 1.82) is 0 Å². The van der Waals surface area contributed by atoms with E-state index in [-0.39, 0.29) is 36.8 Å². The number of amides is 2. The van der Waals surface area contributed by atoms with Gasteiger partial charge in [0, 0.05) is 48.6 Å². The predicted octanol–water partition coefficient (Wildman–Crippen LogP) is 7.19. The molecule has 0 aliphatic carbocycles. The fourth-order valence-corrected chi connectivity index (χ4v) is 6.77. The monoisotopic (exact) mass is 852 g/mol. The number of hydrogen-bond donors (Lipinski definition) is 5. The molecule has 2 aromatic carbocycles. The van der Waals surface area contributed by atoms with Gasteiger partial charge in [0.2, 0.25) is 0 Å². The van der Waals surface area contributed by atoms with Gasteiger partial charge in [-0.3, -0.25) is 14.4 Å². The molecule has 0 aliphatic heterocycles. The fraction of sp³-hybridized carbons (Fsp3) is 0.340. The minimum Gasteiger partial charge on any atom is -0.396 e. The molecular weight excluding hydrogens is 797 g/mol. The lowest BCUT2D eigenvalue weighted by Gasteiger charge is -2.11. The summed E-state index contributed by atoms with van der Waals surface area (Å²) in [6, 6.07) is 16.0. The quantitative estimate of drug-likeness (QED) is 0.0422. The lowest BCUT2D eigenvalue weighted by atomic mass is 10.0. The van der Waals surface area contributed by atoms with Gasteiger partial charge in [0.25, 0.3) is 24.1 Å². The second kappa shape index (κ2) is 23.0. The van der Waals surface area contributed by atoms with E-state index in [9.17, 15) is 19.5 Å². The molecule has 6 rings (SSSR count). The van der Waals surface area contributed by atoms with E-state index in [1.807, 2.05) is 99.2 Å². The Morgan fingerprint density at radius 1 is 0.762 bits per heavy atom. The molecule has 16 heteroatoms. The molecule has 7 N–H and O–H groups in total. The minimum absolute atomic E-state index is 0.00717. The van der Waals surface area contributed by atoms with E-state index in [2.05, 4.69) is 47.2 Å². The fourth-order valence-electron chi connectivity index (χ4n) is 6.77. The number of aliphatic hydroxyl groups excluding tert-OH is 1. The van der Waals surface area contributed by atoms with Gasteiger partial charge in [0.05, 0.1) is 23.0 Å². The largest absolute Gasteiger partial charge is 0.396 e. The second-order valence-corrected chi connectivity index (χ2v) is 15.3. The molecule has 63 heavy (non-hydrogen) atoms. The van der Waals surface area contributed by atoms with E-state index in [1.165, 1.54) is 18.2 Å². The number of anilines is 2. The van der Waals surface area contributed by atoms with Crippen molar-refractivity contribution in [2.75, 3.05) is 24.6 Å². The van der Waals surface area contributed by atoms with Crippen molar-refractivity contribution < 1.29 is 19.5 Å². The Morgan fingerprint density at radius 2 is 1.24 bits per heavy atom.